The number of rotatable bonds is 2. The molecule has 3 N–H and O–H groups in total. The van der Waals surface area contributed by atoms with E-state index in [1.165, 1.54) is 0 Å². The van der Waals surface area contributed by atoms with Gasteiger partial charge in [0.05, 0.1) is 0 Å². The fourth-order valence-corrected chi connectivity index (χ4v) is 2.94. The van der Waals surface area contributed by atoms with Crippen molar-refractivity contribution in [2.24, 2.45) is 10.7 Å². The van der Waals surface area contributed by atoms with Crippen LogP contribution >= 0.6 is 0 Å². The Balaban J connectivity index is 1.88. The summed E-state index contributed by atoms with van der Waals surface area (Å²) in [5, 5.41) is 3.31. The molecule has 1 aromatic rings. The molecule has 2 aliphatic rings. The third-order valence-corrected chi connectivity index (χ3v) is 4.05. The van der Waals surface area contributed by atoms with Crippen LogP contribution in [0, 0.1) is 0 Å². The third kappa shape index (κ3) is 2.00. The van der Waals surface area contributed by atoms with E-state index in [-0.39, 0.29) is 11.6 Å². The van der Waals surface area contributed by atoms with Crippen LogP contribution in [0.3, 0.4) is 0 Å². The number of nitrogens with two attached hydrogens (primary N) is 1. The molecule has 1 saturated heterocycles. The molecule has 0 aliphatic carbocycles. The fraction of sp³-hybridized carbons (Fsp3) is 0.429. The van der Waals surface area contributed by atoms with Gasteiger partial charge < -0.3 is 16.0 Å². The number of nitrogens with zero attached hydrogens (tertiary/aromatic N) is 2. The van der Waals surface area contributed by atoms with Crippen LogP contribution in [0.2, 0.25) is 0 Å². The lowest BCUT2D eigenvalue weighted by atomic mass is 9.86. The smallest absolute Gasteiger partial charge is 0.346 e. The van der Waals surface area contributed by atoms with Crippen LogP contribution in [-0.2, 0) is 6.54 Å². The Hall–Kier alpha value is -1.88. The predicted molar refractivity (Wildman–Crippen MR) is 73.8 cm³/mol. The Kier molecular flexibility index (Phi) is 2.98. The van der Waals surface area contributed by atoms with Crippen molar-refractivity contribution < 1.29 is 4.79 Å². The van der Waals surface area contributed by atoms with Crippen molar-refractivity contribution in [1.29, 1.82) is 0 Å². The molecule has 1 aromatic carbocycles. The van der Waals surface area contributed by atoms with Crippen molar-refractivity contribution in [2.45, 2.75) is 24.9 Å². The first-order chi connectivity index (χ1) is 9.22. The molecular formula is C14H18N4O. The zero-order valence-electron chi connectivity index (χ0n) is 10.8. The lowest BCUT2D eigenvalue weighted by Gasteiger charge is -2.41. The number of hydrogen-bond donors (Lipinski definition) is 2. The van der Waals surface area contributed by atoms with Crippen molar-refractivity contribution >= 4 is 11.9 Å². The van der Waals surface area contributed by atoms with Gasteiger partial charge in [-0.1, -0.05) is 30.3 Å². The highest BCUT2D eigenvalue weighted by atomic mass is 16.2. The molecule has 5 heteroatoms. The van der Waals surface area contributed by atoms with E-state index in [1.54, 1.807) is 0 Å². The minimum atomic E-state index is -0.377. The van der Waals surface area contributed by atoms with Crippen molar-refractivity contribution in [3.8, 4) is 0 Å². The van der Waals surface area contributed by atoms with E-state index in [1.807, 2.05) is 35.2 Å². The number of carbonyl (C=O) groups excluding carboxylic acids is 1. The van der Waals surface area contributed by atoms with E-state index >= 15 is 0 Å². The van der Waals surface area contributed by atoms with Crippen LogP contribution < -0.4 is 11.1 Å². The van der Waals surface area contributed by atoms with Crippen molar-refractivity contribution in [3.63, 3.8) is 0 Å². The normalized spacial score (nSPS) is 21.8. The number of urea groups is 1. The van der Waals surface area contributed by atoms with Gasteiger partial charge >= 0.3 is 6.03 Å². The van der Waals surface area contributed by atoms with Crippen LogP contribution in [-0.4, -0.2) is 35.4 Å². The van der Waals surface area contributed by atoms with Crippen LogP contribution in [0.25, 0.3) is 0 Å². The molecule has 0 unspecified atom stereocenters. The quantitative estimate of drug-likeness (QED) is 0.834. The Morgan fingerprint density at radius 1 is 1.26 bits per heavy atom. The highest BCUT2D eigenvalue weighted by Gasteiger charge is 2.48. The number of piperidine rings is 1. The van der Waals surface area contributed by atoms with Crippen LogP contribution in [0.4, 0.5) is 4.79 Å². The largest absolute Gasteiger partial charge is 0.385 e. The monoisotopic (exact) mass is 258 g/mol. The average Bonchev–Trinajstić information content (AvgIpc) is 2.66. The fourth-order valence-electron chi connectivity index (χ4n) is 2.94. The minimum Gasteiger partial charge on any atom is -0.385 e. The van der Waals surface area contributed by atoms with E-state index in [4.69, 9.17) is 5.73 Å². The molecule has 0 bridgehead atoms. The molecule has 0 aromatic heterocycles. The summed E-state index contributed by atoms with van der Waals surface area (Å²) in [6.07, 6.45) is 1.67. The number of nitrogens with one attached hydrogen (secondary N) is 1. The minimum absolute atomic E-state index is 0.205. The van der Waals surface area contributed by atoms with Crippen LogP contribution in [0.5, 0.6) is 0 Å². The second kappa shape index (κ2) is 4.66. The molecule has 5 nitrogen and oxygen atoms in total. The number of aliphatic imine (C=N–C) groups is 1. The number of carbonyl (C=O) groups is 1. The van der Waals surface area contributed by atoms with Gasteiger partial charge in [0.15, 0.2) is 0 Å². The van der Waals surface area contributed by atoms with Gasteiger partial charge in [-0.25, -0.2) is 4.79 Å². The molecule has 1 spiro atoms. The Labute approximate surface area is 112 Å². The van der Waals surface area contributed by atoms with Crippen molar-refractivity contribution in [2.75, 3.05) is 13.1 Å². The van der Waals surface area contributed by atoms with E-state index in [0.29, 0.717) is 12.4 Å². The zero-order valence-corrected chi connectivity index (χ0v) is 10.8. The van der Waals surface area contributed by atoms with Gasteiger partial charge in [0.1, 0.15) is 11.4 Å². The standard InChI is InChI=1S/C14H18N4O/c15-12-14(6-8-16-9-7-14)18(13(19)17-12)10-11-4-2-1-3-5-11/h1-5,16H,6-10H2,(H2,15,17,19). The average molecular weight is 258 g/mol. The molecule has 100 valence electrons. The molecule has 3 rings (SSSR count). The Morgan fingerprint density at radius 3 is 2.63 bits per heavy atom. The van der Waals surface area contributed by atoms with Gasteiger partial charge in [0.2, 0.25) is 0 Å². The SMILES string of the molecule is NC1=NC(=O)N(Cc2ccccc2)C12CCNCC2. The van der Waals surface area contributed by atoms with Gasteiger partial charge in [-0.2, -0.15) is 4.99 Å². The van der Waals surface area contributed by atoms with Crippen LogP contribution in [0.15, 0.2) is 35.3 Å². The zero-order chi connectivity index (χ0) is 13.3. The molecule has 0 atom stereocenters. The summed E-state index contributed by atoms with van der Waals surface area (Å²) < 4.78 is 0. The van der Waals surface area contributed by atoms with E-state index in [9.17, 15) is 4.79 Å². The maximum atomic E-state index is 12.1. The highest BCUT2D eigenvalue weighted by molar-refractivity contribution is 6.05. The number of benzene rings is 1. The molecule has 1 fully saturated rings. The maximum Gasteiger partial charge on any atom is 0.346 e. The van der Waals surface area contributed by atoms with E-state index in [0.717, 1.165) is 31.5 Å². The van der Waals surface area contributed by atoms with Gasteiger partial charge in [0.25, 0.3) is 0 Å². The molecule has 0 radical (unpaired) electrons. The molecule has 2 heterocycles. The first kappa shape index (κ1) is 12.2. The Bertz CT molecular complexity index is 505. The lowest BCUT2D eigenvalue weighted by molar-refractivity contribution is 0.142. The van der Waals surface area contributed by atoms with Crippen LogP contribution in [0.1, 0.15) is 18.4 Å². The van der Waals surface area contributed by atoms with Gasteiger partial charge in [-0.3, -0.25) is 0 Å². The summed E-state index contributed by atoms with van der Waals surface area (Å²) >= 11 is 0. The van der Waals surface area contributed by atoms with Gasteiger partial charge in [-0.15, -0.1) is 0 Å². The van der Waals surface area contributed by atoms with E-state index < -0.39 is 0 Å². The predicted octanol–water partition coefficient (Wildman–Crippen LogP) is 1.10. The number of amides is 2. The first-order valence-corrected chi connectivity index (χ1v) is 6.63. The van der Waals surface area contributed by atoms with Crippen molar-refractivity contribution in [3.05, 3.63) is 35.9 Å². The summed E-state index contributed by atoms with van der Waals surface area (Å²) in [6.45, 7) is 2.31. The van der Waals surface area contributed by atoms with Crippen molar-refractivity contribution in [1.82, 2.24) is 10.2 Å². The summed E-state index contributed by atoms with van der Waals surface area (Å²) in [7, 11) is 0. The third-order valence-electron chi connectivity index (χ3n) is 4.05. The molecule has 2 aliphatic heterocycles. The van der Waals surface area contributed by atoms with E-state index in [2.05, 4.69) is 10.3 Å². The van der Waals surface area contributed by atoms with Gasteiger partial charge in [-0.05, 0) is 31.5 Å². The van der Waals surface area contributed by atoms with Gasteiger partial charge in [0, 0.05) is 6.54 Å². The number of hydrogen-bond acceptors (Lipinski definition) is 3. The lowest BCUT2D eigenvalue weighted by Crippen LogP contribution is -2.58. The Morgan fingerprint density at radius 2 is 1.95 bits per heavy atom. The molecule has 19 heavy (non-hydrogen) atoms. The first-order valence-electron chi connectivity index (χ1n) is 6.63. The molecule has 2 amide bonds. The summed E-state index contributed by atoms with van der Waals surface area (Å²) in [5.41, 5.74) is 6.77. The topological polar surface area (TPSA) is 70.7 Å². The second-order valence-corrected chi connectivity index (χ2v) is 5.13. The highest BCUT2D eigenvalue weighted by Crippen LogP contribution is 2.33. The number of amidine groups is 1. The summed E-state index contributed by atoms with van der Waals surface area (Å²) in [5.74, 6) is 0.481. The molecular weight excluding hydrogens is 240 g/mol. The summed E-state index contributed by atoms with van der Waals surface area (Å²) in [6, 6.07) is 9.78. The maximum absolute atomic E-state index is 12.1. The second-order valence-electron chi connectivity index (χ2n) is 5.13. The molecule has 0 saturated carbocycles. The summed E-state index contributed by atoms with van der Waals surface area (Å²) in [4.78, 5) is 17.9.